The molecule has 0 radical (unpaired) electrons. The predicted molar refractivity (Wildman–Crippen MR) is 88.3 cm³/mol. The van der Waals surface area contributed by atoms with Gasteiger partial charge in [0.25, 0.3) is 5.91 Å². The van der Waals surface area contributed by atoms with E-state index >= 15 is 0 Å². The van der Waals surface area contributed by atoms with E-state index in [2.05, 4.69) is 15.9 Å². The summed E-state index contributed by atoms with van der Waals surface area (Å²) in [5.41, 5.74) is 6.09. The van der Waals surface area contributed by atoms with Crippen LogP contribution >= 0.6 is 28.1 Å². The average Bonchev–Trinajstić information content (AvgIpc) is 2.38. The van der Waals surface area contributed by atoms with Gasteiger partial charge in [-0.2, -0.15) is 0 Å². The third kappa shape index (κ3) is 4.45. The Labute approximate surface area is 133 Å². The maximum absolute atomic E-state index is 12.6. The first-order valence-electron chi connectivity index (χ1n) is 6.29. The van der Waals surface area contributed by atoms with Gasteiger partial charge in [-0.05, 0) is 48.0 Å². The van der Waals surface area contributed by atoms with E-state index < -0.39 is 0 Å². The van der Waals surface area contributed by atoms with Crippen LogP contribution in [0.2, 0.25) is 0 Å². The first-order valence-corrected chi connectivity index (χ1v) is 7.49. The normalized spacial score (nSPS) is 10.4. The summed E-state index contributed by atoms with van der Waals surface area (Å²) in [6.07, 6.45) is 0.515. The molecule has 0 spiro atoms. The number of carbonyl (C=O) groups excluding carboxylic acids is 1. The second-order valence-corrected chi connectivity index (χ2v) is 6.03. The Kier molecular flexibility index (Phi) is 6.42. The van der Waals surface area contributed by atoms with Crippen LogP contribution in [0.1, 0.15) is 30.6 Å². The van der Waals surface area contributed by atoms with Gasteiger partial charge in [-0.3, -0.25) is 4.79 Å². The van der Waals surface area contributed by atoms with Crippen molar-refractivity contribution in [1.82, 2.24) is 4.90 Å². The average molecular weight is 359 g/mol. The monoisotopic (exact) mass is 358 g/mol. The fourth-order valence-electron chi connectivity index (χ4n) is 1.77. The Bertz CT molecular complexity index is 506. The SMILES string of the molecule is COc1ccc(Br)c(C(=O)N(CCC(N)=S)C(C)C)c1. The molecule has 0 aliphatic heterocycles. The van der Waals surface area contributed by atoms with Crippen molar-refractivity contribution in [2.75, 3.05) is 13.7 Å². The number of nitrogens with zero attached hydrogens (tertiary/aromatic N) is 1. The number of hydrogen-bond acceptors (Lipinski definition) is 3. The van der Waals surface area contributed by atoms with Gasteiger partial charge in [0.15, 0.2) is 0 Å². The van der Waals surface area contributed by atoms with Crippen molar-refractivity contribution in [3.63, 3.8) is 0 Å². The van der Waals surface area contributed by atoms with Gasteiger partial charge in [0.2, 0.25) is 0 Å². The van der Waals surface area contributed by atoms with E-state index in [0.29, 0.717) is 29.3 Å². The van der Waals surface area contributed by atoms with Crippen LogP contribution in [-0.2, 0) is 0 Å². The molecular formula is C14H19BrN2O2S. The van der Waals surface area contributed by atoms with Gasteiger partial charge < -0.3 is 15.4 Å². The zero-order chi connectivity index (χ0) is 15.3. The van der Waals surface area contributed by atoms with Gasteiger partial charge in [-0.1, -0.05) is 12.2 Å². The number of hydrogen-bond donors (Lipinski definition) is 1. The third-order valence-corrected chi connectivity index (χ3v) is 3.78. The standard InChI is InChI=1S/C14H19BrN2O2S/c1-9(2)17(7-6-13(16)20)14(18)11-8-10(19-3)4-5-12(11)15/h4-5,8-9H,6-7H2,1-3H3,(H2,16,20). The van der Waals surface area contributed by atoms with Gasteiger partial charge in [0, 0.05) is 23.5 Å². The highest BCUT2D eigenvalue weighted by Gasteiger charge is 2.21. The second kappa shape index (κ2) is 7.59. The molecule has 0 saturated carbocycles. The minimum absolute atomic E-state index is 0.0648. The van der Waals surface area contributed by atoms with Crippen LogP contribution in [0.4, 0.5) is 0 Å². The molecule has 1 amide bonds. The molecule has 4 nitrogen and oxygen atoms in total. The van der Waals surface area contributed by atoms with Crippen LogP contribution in [0, 0.1) is 0 Å². The van der Waals surface area contributed by atoms with Crippen LogP contribution in [0.5, 0.6) is 5.75 Å². The lowest BCUT2D eigenvalue weighted by atomic mass is 10.1. The van der Waals surface area contributed by atoms with Crippen LogP contribution in [0.3, 0.4) is 0 Å². The molecule has 1 aromatic rings. The molecule has 2 N–H and O–H groups in total. The quantitative estimate of drug-likeness (QED) is 0.794. The lowest BCUT2D eigenvalue weighted by Crippen LogP contribution is -2.39. The molecule has 0 aliphatic rings. The number of halogens is 1. The maximum atomic E-state index is 12.6. The molecule has 0 saturated heterocycles. The van der Waals surface area contributed by atoms with Crippen LogP contribution < -0.4 is 10.5 Å². The predicted octanol–water partition coefficient (Wildman–Crippen LogP) is 2.98. The summed E-state index contributed by atoms with van der Waals surface area (Å²) >= 11 is 8.28. The van der Waals surface area contributed by atoms with E-state index in [1.54, 1.807) is 30.2 Å². The zero-order valence-electron chi connectivity index (χ0n) is 11.9. The topological polar surface area (TPSA) is 55.6 Å². The molecule has 1 aromatic carbocycles. The van der Waals surface area contributed by atoms with E-state index in [-0.39, 0.29) is 11.9 Å². The molecule has 0 bridgehead atoms. The van der Waals surface area contributed by atoms with E-state index in [1.165, 1.54) is 0 Å². The Morgan fingerprint density at radius 1 is 1.50 bits per heavy atom. The second-order valence-electron chi connectivity index (χ2n) is 4.65. The van der Waals surface area contributed by atoms with Crippen LogP contribution in [0.25, 0.3) is 0 Å². The maximum Gasteiger partial charge on any atom is 0.255 e. The molecule has 6 heteroatoms. The van der Waals surface area contributed by atoms with E-state index in [1.807, 2.05) is 13.8 Å². The summed E-state index contributed by atoms with van der Waals surface area (Å²) in [5, 5.41) is 0. The fourth-order valence-corrected chi connectivity index (χ4v) is 2.28. The molecule has 0 heterocycles. The number of rotatable bonds is 6. The van der Waals surface area contributed by atoms with Gasteiger partial charge in [-0.25, -0.2) is 0 Å². The highest BCUT2D eigenvalue weighted by molar-refractivity contribution is 9.10. The number of methoxy groups -OCH3 is 1. The summed E-state index contributed by atoms with van der Waals surface area (Å²) in [6, 6.07) is 5.39. The van der Waals surface area contributed by atoms with Crippen molar-refractivity contribution in [3.8, 4) is 5.75 Å². The lowest BCUT2D eigenvalue weighted by molar-refractivity contribution is 0.0710. The van der Waals surface area contributed by atoms with Crippen molar-refractivity contribution in [3.05, 3.63) is 28.2 Å². The highest BCUT2D eigenvalue weighted by atomic mass is 79.9. The van der Waals surface area contributed by atoms with Crippen molar-refractivity contribution in [2.45, 2.75) is 26.3 Å². The van der Waals surface area contributed by atoms with E-state index in [0.717, 1.165) is 4.47 Å². The molecule has 20 heavy (non-hydrogen) atoms. The molecule has 0 aliphatic carbocycles. The molecule has 1 rings (SSSR count). The minimum Gasteiger partial charge on any atom is -0.497 e. The van der Waals surface area contributed by atoms with Gasteiger partial charge in [-0.15, -0.1) is 0 Å². The number of amides is 1. The number of benzene rings is 1. The largest absolute Gasteiger partial charge is 0.497 e. The van der Waals surface area contributed by atoms with Gasteiger partial charge in [0.1, 0.15) is 5.75 Å². The zero-order valence-corrected chi connectivity index (χ0v) is 14.3. The first kappa shape index (κ1) is 16.9. The van der Waals surface area contributed by atoms with E-state index in [9.17, 15) is 4.79 Å². The summed E-state index contributed by atoms with van der Waals surface area (Å²) < 4.78 is 5.91. The smallest absolute Gasteiger partial charge is 0.255 e. The number of carbonyl (C=O) groups is 1. The summed E-state index contributed by atoms with van der Waals surface area (Å²) in [7, 11) is 1.57. The molecule has 0 aromatic heterocycles. The molecule has 0 unspecified atom stereocenters. The van der Waals surface area contributed by atoms with E-state index in [4.69, 9.17) is 22.7 Å². The van der Waals surface area contributed by atoms with Crippen molar-refractivity contribution >= 4 is 39.0 Å². The Morgan fingerprint density at radius 2 is 2.15 bits per heavy atom. The van der Waals surface area contributed by atoms with Crippen LogP contribution in [-0.4, -0.2) is 35.5 Å². The van der Waals surface area contributed by atoms with Gasteiger partial charge >= 0.3 is 0 Å². The summed E-state index contributed by atoms with van der Waals surface area (Å²) in [4.78, 5) is 14.8. The summed E-state index contributed by atoms with van der Waals surface area (Å²) in [5.74, 6) is 0.580. The number of nitrogens with two attached hydrogens (primary N) is 1. The third-order valence-electron chi connectivity index (χ3n) is 2.89. The summed E-state index contributed by atoms with van der Waals surface area (Å²) in [6.45, 7) is 4.44. The molecular weight excluding hydrogens is 340 g/mol. The van der Waals surface area contributed by atoms with Gasteiger partial charge in [0.05, 0.1) is 17.7 Å². The molecule has 110 valence electrons. The van der Waals surface area contributed by atoms with Crippen molar-refractivity contribution < 1.29 is 9.53 Å². The Morgan fingerprint density at radius 3 is 2.65 bits per heavy atom. The number of ether oxygens (including phenoxy) is 1. The molecule has 0 atom stereocenters. The molecule has 0 fully saturated rings. The Hall–Kier alpha value is -1.14. The fraction of sp³-hybridized carbons (Fsp3) is 0.429. The highest BCUT2D eigenvalue weighted by Crippen LogP contribution is 2.24. The first-order chi connectivity index (χ1) is 9.36. The van der Waals surface area contributed by atoms with Crippen molar-refractivity contribution in [2.24, 2.45) is 5.73 Å². The lowest BCUT2D eigenvalue weighted by Gasteiger charge is -2.27. The number of thiocarbonyl (C=S) groups is 1. The Balaban J connectivity index is 3.02. The van der Waals surface area contributed by atoms with Crippen molar-refractivity contribution in [1.29, 1.82) is 0 Å². The minimum atomic E-state index is -0.0676. The van der Waals surface area contributed by atoms with Crippen LogP contribution in [0.15, 0.2) is 22.7 Å².